The highest BCUT2D eigenvalue weighted by atomic mass is 32.2. The van der Waals surface area contributed by atoms with Gasteiger partial charge < -0.3 is 5.32 Å². The van der Waals surface area contributed by atoms with Crippen LogP contribution in [0.25, 0.3) is 0 Å². The van der Waals surface area contributed by atoms with Gasteiger partial charge in [0.2, 0.25) is 10.0 Å². The number of thiophene rings is 1. The molecule has 1 fully saturated rings. The van der Waals surface area contributed by atoms with Gasteiger partial charge in [0.15, 0.2) is 0 Å². The number of hydrogen-bond donors (Lipinski definition) is 1. The minimum absolute atomic E-state index is 0.189. The van der Waals surface area contributed by atoms with Crippen molar-refractivity contribution in [2.24, 2.45) is 0 Å². The summed E-state index contributed by atoms with van der Waals surface area (Å²) < 4.78 is 50.9. The van der Waals surface area contributed by atoms with Gasteiger partial charge in [0, 0.05) is 32.7 Å². The molecule has 0 saturated carbocycles. The molecule has 0 unspecified atom stereocenters. The average Bonchev–Trinajstić information content (AvgIpc) is 2.88. The van der Waals surface area contributed by atoms with Crippen molar-refractivity contribution < 1.29 is 16.8 Å². The fourth-order valence-electron chi connectivity index (χ4n) is 2.15. The standard InChI is InChI=1S/C11H19N3O4S3/c1-12-8-10-7-11(19-9-10)21(17,18)14-5-3-13(4-6-14)20(2,15)16/h7,9,12H,3-6,8H2,1-2H3. The molecule has 120 valence electrons. The fraction of sp³-hybridized carbons (Fsp3) is 0.636. The van der Waals surface area contributed by atoms with Crippen molar-refractivity contribution in [1.82, 2.24) is 13.9 Å². The molecule has 0 atom stereocenters. The zero-order valence-corrected chi connectivity index (χ0v) is 14.4. The van der Waals surface area contributed by atoms with E-state index in [2.05, 4.69) is 5.32 Å². The molecule has 0 amide bonds. The zero-order valence-electron chi connectivity index (χ0n) is 11.9. The van der Waals surface area contributed by atoms with Crippen molar-refractivity contribution in [2.45, 2.75) is 10.8 Å². The first-order valence-electron chi connectivity index (χ1n) is 6.42. The number of piperazine rings is 1. The molecule has 1 aliphatic rings. The van der Waals surface area contributed by atoms with E-state index < -0.39 is 20.0 Å². The number of hydrogen-bond acceptors (Lipinski definition) is 6. The lowest BCUT2D eigenvalue weighted by atomic mass is 10.3. The molecule has 1 aromatic rings. The lowest BCUT2D eigenvalue weighted by Gasteiger charge is -2.32. The summed E-state index contributed by atoms with van der Waals surface area (Å²) in [5, 5.41) is 4.79. The third-order valence-corrected chi connectivity index (χ3v) is 7.94. The molecule has 1 aliphatic heterocycles. The van der Waals surface area contributed by atoms with Gasteiger partial charge in [-0.15, -0.1) is 11.3 Å². The van der Waals surface area contributed by atoms with Gasteiger partial charge in [0.25, 0.3) is 10.0 Å². The summed E-state index contributed by atoms with van der Waals surface area (Å²) in [7, 11) is -4.98. The lowest BCUT2D eigenvalue weighted by Crippen LogP contribution is -2.50. The Kier molecular flexibility index (Phi) is 5.06. The molecule has 2 heterocycles. The predicted molar refractivity (Wildman–Crippen MR) is 82.3 cm³/mol. The van der Waals surface area contributed by atoms with Gasteiger partial charge in [0.1, 0.15) is 4.21 Å². The van der Waals surface area contributed by atoms with Crippen LogP contribution in [-0.4, -0.2) is 64.9 Å². The number of nitrogens with zero attached hydrogens (tertiary/aromatic N) is 2. The second kappa shape index (κ2) is 6.31. The fourth-order valence-corrected chi connectivity index (χ4v) is 5.76. The first kappa shape index (κ1) is 16.8. The van der Waals surface area contributed by atoms with E-state index >= 15 is 0 Å². The molecule has 1 N–H and O–H groups in total. The van der Waals surface area contributed by atoms with Crippen molar-refractivity contribution in [3.05, 3.63) is 17.0 Å². The largest absolute Gasteiger partial charge is 0.316 e. The van der Waals surface area contributed by atoms with Crippen LogP contribution in [0.5, 0.6) is 0 Å². The third-order valence-electron chi connectivity index (χ3n) is 3.27. The van der Waals surface area contributed by atoms with E-state index in [9.17, 15) is 16.8 Å². The Morgan fingerprint density at radius 1 is 1.14 bits per heavy atom. The Morgan fingerprint density at radius 2 is 1.71 bits per heavy atom. The maximum Gasteiger partial charge on any atom is 0.252 e. The number of rotatable bonds is 5. The minimum Gasteiger partial charge on any atom is -0.316 e. The SMILES string of the molecule is CNCc1csc(S(=O)(=O)N2CCN(S(C)(=O)=O)CC2)c1. The Bertz CT molecular complexity index is 688. The summed E-state index contributed by atoms with van der Waals surface area (Å²) in [4.78, 5) is 0. The van der Waals surface area contributed by atoms with Crippen LogP contribution in [0.4, 0.5) is 0 Å². The topological polar surface area (TPSA) is 86.8 Å². The summed E-state index contributed by atoms with van der Waals surface area (Å²) in [5.41, 5.74) is 0.927. The van der Waals surface area contributed by atoms with Crippen LogP contribution in [0.15, 0.2) is 15.7 Å². The van der Waals surface area contributed by atoms with Gasteiger partial charge in [-0.3, -0.25) is 0 Å². The Morgan fingerprint density at radius 3 is 2.24 bits per heavy atom. The van der Waals surface area contributed by atoms with E-state index in [1.165, 1.54) is 19.9 Å². The highest BCUT2D eigenvalue weighted by Crippen LogP contribution is 2.25. The Labute approximate surface area is 129 Å². The molecule has 0 radical (unpaired) electrons. The predicted octanol–water partition coefficient (Wildman–Crippen LogP) is -0.267. The summed E-state index contributed by atoms with van der Waals surface area (Å²) in [6, 6.07) is 1.67. The van der Waals surface area contributed by atoms with Crippen molar-refractivity contribution in [3.8, 4) is 0 Å². The van der Waals surface area contributed by atoms with Crippen LogP contribution in [0, 0.1) is 0 Å². The Hall–Kier alpha value is -0.520. The molecule has 21 heavy (non-hydrogen) atoms. The monoisotopic (exact) mass is 353 g/mol. The first-order valence-corrected chi connectivity index (χ1v) is 10.6. The molecule has 1 saturated heterocycles. The van der Waals surface area contributed by atoms with Crippen LogP contribution < -0.4 is 5.32 Å². The van der Waals surface area contributed by atoms with Crippen LogP contribution in [0.2, 0.25) is 0 Å². The van der Waals surface area contributed by atoms with Crippen LogP contribution in [-0.2, 0) is 26.6 Å². The van der Waals surface area contributed by atoms with E-state index in [0.717, 1.165) is 11.8 Å². The second-order valence-electron chi connectivity index (χ2n) is 4.87. The zero-order chi connectivity index (χ0) is 15.7. The van der Waals surface area contributed by atoms with E-state index in [-0.39, 0.29) is 26.2 Å². The number of sulfonamides is 2. The molecule has 0 spiro atoms. The first-order chi connectivity index (χ1) is 9.75. The maximum atomic E-state index is 12.5. The molecular formula is C11H19N3O4S3. The molecular weight excluding hydrogens is 334 g/mol. The van der Waals surface area contributed by atoms with Gasteiger partial charge in [0.05, 0.1) is 6.26 Å². The summed E-state index contributed by atoms with van der Waals surface area (Å²) >= 11 is 1.19. The van der Waals surface area contributed by atoms with Gasteiger partial charge in [-0.05, 0) is 24.1 Å². The molecule has 0 aromatic carbocycles. The number of nitrogens with one attached hydrogen (secondary N) is 1. The second-order valence-corrected chi connectivity index (χ2v) is 9.93. The molecule has 0 aliphatic carbocycles. The lowest BCUT2D eigenvalue weighted by molar-refractivity contribution is 0.274. The van der Waals surface area contributed by atoms with Crippen molar-refractivity contribution >= 4 is 31.4 Å². The maximum absolute atomic E-state index is 12.5. The summed E-state index contributed by atoms with van der Waals surface area (Å²) in [6.07, 6.45) is 1.14. The van der Waals surface area contributed by atoms with Crippen LogP contribution >= 0.6 is 11.3 Å². The van der Waals surface area contributed by atoms with Crippen molar-refractivity contribution in [3.63, 3.8) is 0 Å². The van der Waals surface area contributed by atoms with Gasteiger partial charge >= 0.3 is 0 Å². The van der Waals surface area contributed by atoms with Crippen molar-refractivity contribution in [1.29, 1.82) is 0 Å². The highest BCUT2D eigenvalue weighted by Gasteiger charge is 2.32. The quantitative estimate of drug-likeness (QED) is 0.788. The van der Waals surface area contributed by atoms with E-state index in [4.69, 9.17) is 0 Å². The average molecular weight is 353 g/mol. The van der Waals surface area contributed by atoms with Gasteiger partial charge in [-0.2, -0.15) is 8.61 Å². The molecule has 10 heteroatoms. The highest BCUT2D eigenvalue weighted by molar-refractivity contribution is 7.91. The van der Waals surface area contributed by atoms with E-state index in [1.807, 2.05) is 5.38 Å². The van der Waals surface area contributed by atoms with Crippen LogP contribution in [0.3, 0.4) is 0 Å². The smallest absolute Gasteiger partial charge is 0.252 e. The van der Waals surface area contributed by atoms with Gasteiger partial charge in [-0.1, -0.05) is 0 Å². The Balaban J connectivity index is 2.11. The summed E-state index contributed by atoms with van der Waals surface area (Å²) in [5.74, 6) is 0. The molecule has 0 bridgehead atoms. The third kappa shape index (κ3) is 3.82. The van der Waals surface area contributed by atoms with Gasteiger partial charge in [-0.25, -0.2) is 16.8 Å². The van der Waals surface area contributed by atoms with E-state index in [1.54, 1.807) is 13.1 Å². The molecule has 2 rings (SSSR count). The van der Waals surface area contributed by atoms with Crippen LogP contribution in [0.1, 0.15) is 5.56 Å². The normalized spacial score (nSPS) is 19.0. The molecule has 1 aromatic heterocycles. The molecule has 7 nitrogen and oxygen atoms in total. The van der Waals surface area contributed by atoms with E-state index in [0.29, 0.717) is 10.8 Å². The van der Waals surface area contributed by atoms with Crippen molar-refractivity contribution in [2.75, 3.05) is 39.5 Å². The minimum atomic E-state index is -3.53. The summed E-state index contributed by atoms with van der Waals surface area (Å²) in [6.45, 7) is 1.40.